The average Bonchev–Trinajstić information content (AvgIpc) is 2.80. The molecule has 0 saturated carbocycles. The highest BCUT2D eigenvalue weighted by Crippen LogP contribution is 2.33. The van der Waals surface area contributed by atoms with E-state index in [0.717, 1.165) is 29.0 Å². The zero-order valence-corrected chi connectivity index (χ0v) is 19.5. The van der Waals surface area contributed by atoms with Crippen molar-refractivity contribution in [3.05, 3.63) is 83.4 Å². The van der Waals surface area contributed by atoms with Crippen LogP contribution in [0.2, 0.25) is 0 Å². The van der Waals surface area contributed by atoms with Gasteiger partial charge in [0.15, 0.2) is 11.5 Å². The summed E-state index contributed by atoms with van der Waals surface area (Å²) >= 11 is 0. The second-order valence-corrected chi connectivity index (χ2v) is 8.10. The number of carboxylic acids is 1. The Morgan fingerprint density at radius 1 is 0.970 bits per heavy atom. The van der Waals surface area contributed by atoms with E-state index >= 15 is 0 Å². The van der Waals surface area contributed by atoms with Crippen molar-refractivity contribution in [3.8, 4) is 23.0 Å². The molecule has 0 aliphatic rings. The van der Waals surface area contributed by atoms with Crippen LogP contribution in [0, 0.1) is 6.92 Å². The number of carbonyl (C=O) groups is 1. The molecule has 0 heterocycles. The number of rotatable bonds is 12. The number of benzene rings is 3. The lowest BCUT2D eigenvalue weighted by Crippen LogP contribution is -2.16. The van der Waals surface area contributed by atoms with Gasteiger partial charge in [-0.1, -0.05) is 37.3 Å². The Hall–Kier alpha value is -3.47. The van der Waals surface area contributed by atoms with Gasteiger partial charge in [0.25, 0.3) is 0 Å². The molecule has 1 unspecified atom stereocenters. The minimum absolute atomic E-state index is 0.0392. The van der Waals surface area contributed by atoms with E-state index in [9.17, 15) is 4.79 Å². The van der Waals surface area contributed by atoms with Crippen LogP contribution < -0.4 is 14.2 Å². The van der Waals surface area contributed by atoms with Crippen molar-refractivity contribution in [1.82, 2.24) is 0 Å². The quantitative estimate of drug-likeness (QED) is 0.338. The molecule has 0 amide bonds. The Balaban J connectivity index is 1.55. The number of hydrogen-bond donors (Lipinski definition) is 1. The van der Waals surface area contributed by atoms with E-state index in [4.69, 9.17) is 19.3 Å². The monoisotopic (exact) mass is 448 g/mol. The van der Waals surface area contributed by atoms with Crippen molar-refractivity contribution in [2.24, 2.45) is 0 Å². The molecule has 0 fully saturated rings. The van der Waals surface area contributed by atoms with Gasteiger partial charge in [-0.25, -0.2) is 0 Å². The Kier molecular flexibility index (Phi) is 8.76. The number of ether oxygens (including phenoxy) is 3. The van der Waals surface area contributed by atoms with Crippen LogP contribution in [0.3, 0.4) is 0 Å². The van der Waals surface area contributed by atoms with Gasteiger partial charge in [-0.15, -0.1) is 0 Å². The maximum atomic E-state index is 10.8. The molecule has 5 nitrogen and oxygen atoms in total. The Morgan fingerprint density at radius 3 is 2.45 bits per heavy atom. The zero-order chi connectivity index (χ0) is 23.6. The van der Waals surface area contributed by atoms with Crippen LogP contribution in [0.15, 0.2) is 66.7 Å². The Morgan fingerprint density at radius 2 is 1.76 bits per heavy atom. The van der Waals surface area contributed by atoms with E-state index in [1.807, 2.05) is 74.5 Å². The molecule has 33 heavy (non-hydrogen) atoms. The van der Waals surface area contributed by atoms with E-state index in [1.54, 1.807) is 0 Å². The van der Waals surface area contributed by atoms with E-state index in [-0.39, 0.29) is 12.5 Å². The second kappa shape index (κ2) is 12.0. The predicted octanol–water partition coefficient (Wildman–Crippen LogP) is 6.60. The zero-order valence-electron chi connectivity index (χ0n) is 19.5. The highest BCUT2D eigenvalue weighted by atomic mass is 16.5. The molecule has 0 saturated heterocycles. The molecular formula is C28H32O5. The first-order valence-electron chi connectivity index (χ1n) is 11.4. The fourth-order valence-electron chi connectivity index (χ4n) is 3.48. The average molecular weight is 449 g/mol. The van der Waals surface area contributed by atoms with Gasteiger partial charge in [0, 0.05) is 12.8 Å². The van der Waals surface area contributed by atoms with Gasteiger partial charge < -0.3 is 19.3 Å². The smallest absolute Gasteiger partial charge is 0.303 e. The van der Waals surface area contributed by atoms with Gasteiger partial charge in [0.2, 0.25) is 0 Å². The van der Waals surface area contributed by atoms with Crippen LogP contribution in [0.25, 0.3) is 0 Å². The minimum atomic E-state index is -0.787. The fraction of sp³-hybridized carbons (Fsp3) is 0.321. The molecule has 5 heteroatoms. The van der Waals surface area contributed by atoms with E-state index in [1.165, 1.54) is 5.56 Å². The third-order valence-electron chi connectivity index (χ3n) is 5.43. The van der Waals surface area contributed by atoms with Gasteiger partial charge in [0.05, 0.1) is 12.7 Å². The second-order valence-electron chi connectivity index (χ2n) is 8.10. The summed E-state index contributed by atoms with van der Waals surface area (Å²) in [5, 5.41) is 8.88. The molecule has 1 N–H and O–H groups in total. The van der Waals surface area contributed by atoms with Gasteiger partial charge in [0.1, 0.15) is 11.5 Å². The first-order valence-corrected chi connectivity index (χ1v) is 11.4. The Labute approximate surface area is 195 Å². The van der Waals surface area contributed by atoms with Gasteiger partial charge in [-0.05, 0) is 79.8 Å². The lowest BCUT2D eigenvalue weighted by molar-refractivity contribution is -0.136. The molecule has 3 aromatic carbocycles. The highest BCUT2D eigenvalue weighted by molar-refractivity contribution is 5.67. The normalized spacial score (nSPS) is 11.6. The molecule has 174 valence electrons. The van der Waals surface area contributed by atoms with Crippen LogP contribution >= 0.6 is 0 Å². The summed E-state index contributed by atoms with van der Waals surface area (Å²) in [5.74, 6) is 2.18. The van der Waals surface area contributed by atoms with Gasteiger partial charge >= 0.3 is 5.97 Å². The molecular weight excluding hydrogens is 416 g/mol. The molecule has 0 aliphatic heterocycles. The summed E-state index contributed by atoms with van der Waals surface area (Å²) in [6.07, 6.45) is 2.24. The number of para-hydroxylation sites is 1. The summed E-state index contributed by atoms with van der Waals surface area (Å²) < 4.78 is 18.2. The third kappa shape index (κ3) is 7.56. The van der Waals surface area contributed by atoms with E-state index in [0.29, 0.717) is 30.9 Å². The van der Waals surface area contributed by atoms with Crippen molar-refractivity contribution in [1.29, 1.82) is 0 Å². The molecule has 0 radical (unpaired) electrons. The van der Waals surface area contributed by atoms with Crippen LogP contribution in [-0.4, -0.2) is 23.8 Å². The first kappa shape index (κ1) is 24.2. The van der Waals surface area contributed by atoms with E-state index < -0.39 is 5.97 Å². The summed E-state index contributed by atoms with van der Waals surface area (Å²) in [4.78, 5) is 10.8. The number of aliphatic carboxylic acids is 1. The summed E-state index contributed by atoms with van der Waals surface area (Å²) in [6.45, 7) is 6.60. The van der Waals surface area contributed by atoms with Crippen LogP contribution in [0.4, 0.5) is 0 Å². The molecule has 0 aromatic heterocycles. The standard InChI is InChI=1S/C28H32O5/c1-4-22-10-14-26(27(19-22)33-24-8-6-5-7-9-24)31-17-16-21(3)32-25-13-11-23(20(2)18-25)12-15-28(29)30/h5-11,13-14,18-19,21H,4,12,15-17H2,1-3H3,(H,29,30). The number of aryl methyl sites for hydroxylation is 3. The lowest BCUT2D eigenvalue weighted by atomic mass is 10.0. The number of hydrogen-bond acceptors (Lipinski definition) is 4. The van der Waals surface area contributed by atoms with Crippen molar-refractivity contribution in [2.45, 2.75) is 52.6 Å². The molecule has 0 bridgehead atoms. The van der Waals surface area contributed by atoms with E-state index in [2.05, 4.69) is 13.0 Å². The van der Waals surface area contributed by atoms with Crippen molar-refractivity contribution >= 4 is 5.97 Å². The maximum Gasteiger partial charge on any atom is 0.303 e. The van der Waals surface area contributed by atoms with Crippen LogP contribution in [-0.2, 0) is 17.6 Å². The van der Waals surface area contributed by atoms with Crippen LogP contribution in [0.5, 0.6) is 23.0 Å². The first-order chi connectivity index (χ1) is 15.9. The SMILES string of the molecule is CCc1ccc(OCCC(C)Oc2ccc(CCC(=O)O)c(C)c2)c(Oc2ccccc2)c1. The predicted molar refractivity (Wildman–Crippen MR) is 130 cm³/mol. The fourth-order valence-corrected chi connectivity index (χ4v) is 3.48. The lowest BCUT2D eigenvalue weighted by Gasteiger charge is -2.18. The van der Waals surface area contributed by atoms with Crippen molar-refractivity contribution < 1.29 is 24.1 Å². The number of carboxylic acid groups (broad SMARTS) is 1. The molecule has 0 aliphatic carbocycles. The molecule has 3 aromatic rings. The highest BCUT2D eigenvalue weighted by Gasteiger charge is 2.11. The molecule has 3 rings (SSSR count). The molecule has 0 spiro atoms. The largest absolute Gasteiger partial charge is 0.491 e. The Bertz CT molecular complexity index is 1050. The van der Waals surface area contributed by atoms with Gasteiger partial charge in [-0.3, -0.25) is 4.79 Å². The van der Waals surface area contributed by atoms with Crippen molar-refractivity contribution in [3.63, 3.8) is 0 Å². The summed E-state index contributed by atoms with van der Waals surface area (Å²) in [7, 11) is 0. The van der Waals surface area contributed by atoms with Gasteiger partial charge in [-0.2, -0.15) is 0 Å². The van der Waals surface area contributed by atoms with Crippen LogP contribution in [0.1, 0.15) is 43.4 Å². The molecule has 1 atom stereocenters. The minimum Gasteiger partial charge on any atom is -0.491 e. The van der Waals surface area contributed by atoms with Crippen molar-refractivity contribution in [2.75, 3.05) is 6.61 Å². The maximum absolute atomic E-state index is 10.8. The topological polar surface area (TPSA) is 65.0 Å². The summed E-state index contributed by atoms with van der Waals surface area (Å²) in [6, 6.07) is 21.5. The summed E-state index contributed by atoms with van der Waals surface area (Å²) in [5.41, 5.74) is 3.25. The third-order valence-corrected chi connectivity index (χ3v) is 5.43.